The summed E-state index contributed by atoms with van der Waals surface area (Å²) in [5, 5.41) is 3.30. The second-order valence-electron chi connectivity index (χ2n) is 3.80. The third kappa shape index (κ3) is 4.41. The molecule has 1 heterocycles. The van der Waals surface area contributed by atoms with Crippen molar-refractivity contribution in [3.05, 3.63) is 20.8 Å². The number of nitrogens with one attached hydrogen (secondary N) is 1. The van der Waals surface area contributed by atoms with Gasteiger partial charge in [0.25, 0.3) is 0 Å². The summed E-state index contributed by atoms with van der Waals surface area (Å²) in [6.45, 7) is 6.38. The molecule has 0 aliphatic rings. The van der Waals surface area contributed by atoms with Crippen molar-refractivity contribution in [2.45, 2.75) is 39.3 Å². The largest absolute Gasteiger partial charge is 0.465 e. The molecular formula is C12H18BrNO2S. The number of carbonyl (C=O) groups is 1. The van der Waals surface area contributed by atoms with E-state index in [0.717, 1.165) is 15.1 Å². The molecule has 0 saturated heterocycles. The molecule has 1 aromatic rings. The second-order valence-corrected chi connectivity index (χ2v) is 6.30. The summed E-state index contributed by atoms with van der Waals surface area (Å²) in [6, 6.07) is 3.82. The predicted octanol–water partition coefficient (Wildman–Crippen LogP) is 3.50. The number of ether oxygens (including phenoxy) is 1. The van der Waals surface area contributed by atoms with Crippen LogP contribution in [0.5, 0.6) is 0 Å². The molecule has 0 radical (unpaired) electrons. The van der Waals surface area contributed by atoms with E-state index in [1.54, 1.807) is 11.3 Å². The van der Waals surface area contributed by atoms with Crippen LogP contribution in [0.25, 0.3) is 0 Å². The summed E-state index contributed by atoms with van der Waals surface area (Å²) >= 11 is 4.97. The van der Waals surface area contributed by atoms with E-state index in [4.69, 9.17) is 4.74 Å². The van der Waals surface area contributed by atoms with Gasteiger partial charge in [-0.3, -0.25) is 5.32 Å². The van der Waals surface area contributed by atoms with Gasteiger partial charge in [-0.25, -0.2) is 4.79 Å². The molecule has 0 aliphatic heterocycles. The highest BCUT2D eigenvalue weighted by molar-refractivity contribution is 9.11. The minimum absolute atomic E-state index is 0.206. The molecule has 0 fully saturated rings. The Morgan fingerprint density at radius 1 is 1.53 bits per heavy atom. The van der Waals surface area contributed by atoms with Crippen LogP contribution in [0.15, 0.2) is 15.9 Å². The maximum atomic E-state index is 11.9. The van der Waals surface area contributed by atoms with E-state index in [0.29, 0.717) is 6.61 Å². The monoisotopic (exact) mass is 319 g/mol. The van der Waals surface area contributed by atoms with Gasteiger partial charge >= 0.3 is 5.97 Å². The Morgan fingerprint density at radius 2 is 2.24 bits per heavy atom. The topological polar surface area (TPSA) is 38.3 Å². The molecule has 3 nitrogen and oxygen atoms in total. The van der Waals surface area contributed by atoms with Gasteiger partial charge in [0.1, 0.15) is 6.04 Å². The number of hydrogen-bond acceptors (Lipinski definition) is 4. The first-order chi connectivity index (χ1) is 8.08. The maximum Gasteiger partial charge on any atom is 0.328 e. The van der Waals surface area contributed by atoms with Crippen molar-refractivity contribution in [1.29, 1.82) is 0 Å². The van der Waals surface area contributed by atoms with Crippen molar-refractivity contribution < 1.29 is 9.53 Å². The van der Waals surface area contributed by atoms with Crippen LogP contribution >= 0.6 is 27.3 Å². The maximum absolute atomic E-state index is 11.9. The molecule has 5 heteroatoms. The molecular weight excluding hydrogens is 302 g/mol. The highest BCUT2D eigenvalue weighted by Crippen LogP contribution is 2.28. The molecule has 1 rings (SSSR count). The first-order valence-electron chi connectivity index (χ1n) is 5.76. The lowest BCUT2D eigenvalue weighted by molar-refractivity contribution is -0.146. The number of thiophene rings is 1. The Bertz CT molecular complexity index is 367. The zero-order valence-electron chi connectivity index (χ0n) is 10.3. The number of rotatable bonds is 6. The Kier molecular flexibility index (Phi) is 6.16. The molecule has 0 spiro atoms. The number of hydrogen-bond donors (Lipinski definition) is 1. The quantitative estimate of drug-likeness (QED) is 0.815. The standard InChI is InChI=1S/C12H18BrNO2S/c1-4-8(3)14-11(12(15)16-5-2)9-6-7-10(13)17-9/h6-8,11,14H,4-5H2,1-3H3. The molecule has 1 N–H and O–H groups in total. The summed E-state index contributed by atoms with van der Waals surface area (Å²) in [7, 11) is 0. The van der Waals surface area contributed by atoms with Gasteiger partial charge in [-0.15, -0.1) is 11.3 Å². The Morgan fingerprint density at radius 3 is 2.71 bits per heavy atom. The predicted molar refractivity (Wildman–Crippen MR) is 74.3 cm³/mol. The zero-order valence-corrected chi connectivity index (χ0v) is 12.7. The molecule has 0 saturated carbocycles. The smallest absolute Gasteiger partial charge is 0.328 e. The first kappa shape index (κ1) is 14.7. The van der Waals surface area contributed by atoms with Crippen LogP contribution < -0.4 is 5.32 Å². The van der Waals surface area contributed by atoms with Crippen molar-refractivity contribution in [2.75, 3.05) is 6.61 Å². The van der Waals surface area contributed by atoms with Gasteiger partial charge in [-0.05, 0) is 48.3 Å². The van der Waals surface area contributed by atoms with E-state index in [1.165, 1.54) is 0 Å². The fourth-order valence-corrected chi connectivity index (χ4v) is 2.85. The Balaban J connectivity index is 2.82. The van der Waals surface area contributed by atoms with E-state index in [9.17, 15) is 4.79 Å². The Labute approximate surface area is 115 Å². The summed E-state index contributed by atoms with van der Waals surface area (Å²) < 4.78 is 6.12. The SMILES string of the molecule is CCOC(=O)C(NC(C)CC)c1ccc(Br)s1. The van der Waals surface area contributed by atoms with Crippen LogP contribution in [0.2, 0.25) is 0 Å². The molecule has 1 aromatic heterocycles. The van der Waals surface area contributed by atoms with Gasteiger partial charge in [0.2, 0.25) is 0 Å². The van der Waals surface area contributed by atoms with Crippen LogP contribution in [0.3, 0.4) is 0 Å². The lowest BCUT2D eigenvalue weighted by atomic mass is 10.2. The van der Waals surface area contributed by atoms with E-state index in [1.807, 2.05) is 19.1 Å². The molecule has 2 unspecified atom stereocenters. The van der Waals surface area contributed by atoms with Crippen LogP contribution in [0, 0.1) is 0 Å². The van der Waals surface area contributed by atoms with Crippen molar-refractivity contribution in [2.24, 2.45) is 0 Å². The van der Waals surface area contributed by atoms with Crippen molar-refractivity contribution in [3.8, 4) is 0 Å². The number of carbonyl (C=O) groups excluding carboxylic acids is 1. The summed E-state index contributed by atoms with van der Waals surface area (Å²) in [5.74, 6) is -0.206. The number of esters is 1. The molecule has 0 amide bonds. The van der Waals surface area contributed by atoms with Gasteiger partial charge in [0.05, 0.1) is 10.4 Å². The van der Waals surface area contributed by atoms with Crippen LogP contribution in [0.4, 0.5) is 0 Å². The summed E-state index contributed by atoms with van der Waals surface area (Å²) in [5.41, 5.74) is 0. The van der Waals surface area contributed by atoms with Gasteiger partial charge in [0, 0.05) is 10.9 Å². The van der Waals surface area contributed by atoms with Crippen LogP contribution in [0.1, 0.15) is 38.1 Å². The molecule has 0 aliphatic carbocycles. The molecule has 2 atom stereocenters. The minimum atomic E-state index is -0.360. The third-order valence-electron chi connectivity index (χ3n) is 2.46. The van der Waals surface area contributed by atoms with Gasteiger partial charge in [-0.1, -0.05) is 6.92 Å². The lowest BCUT2D eigenvalue weighted by Gasteiger charge is -2.20. The van der Waals surface area contributed by atoms with E-state index in [-0.39, 0.29) is 18.1 Å². The third-order valence-corrected chi connectivity index (χ3v) is 4.15. The zero-order chi connectivity index (χ0) is 12.8. The number of halogens is 1. The molecule has 17 heavy (non-hydrogen) atoms. The second kappa shape index (κ2) is 7.13. The Hall–Kier alpha value is -0.390. The molecule has 96 valence electrons. The average Bonchev–Trinajstić information content (AvgIpc) is 2.72. The van der Waals surface area contributed by atoms with Gasteiger partial charge < -0.3 is 4.74 Å². The fraction of sp³-hybridized carbons (Fsp3) is 0.583. The van der Waals surface area contributed by atoms with E-state index < -0.39 is 0 Å². The average molecular weight is 320 g/mol. The van der Waals surface area contributed by atoms with Gasteiger partial charge in [0.15, 0.2) is 0 Å². The highest BCUT2D eigenvalue weighted by atomic mass is 79.9. The highest BCUT2D eigenvalue weighted by Gasteiger charge is 2.24. The van der Waals surface area contributed by atoms with Crippen LogP contribution in [-0.2, 0) is 9.53 Å². The minimum Gasteiger partial charge on any atom is -0.465 e. The summed E-state index contributed by atoms with van der Waals surface area (Å²) in [4.78, 5) is 12.9. The normalized spacial score (nSPS) is 14.4. The van der Waals surface area contributed by atoms with E-state index >= 15 is 0 Å². The van der Waals surface area contributed by atoms with Crippen molar-refractivity contribution in [1.82, 2.24) is 5.32 Å². The first-order valence-corrected chi connectivity index (χ1v) is 7.37. The van der Waals surface area contributed by atoms with Gasteiger partial charge in [-0.2, -0.15) is 0 Å². The van der Waals surface area contributed by atoms with Crippen molar-refractivity contribution >= 4 is 33.2 Å². The van der Waals surface area contributed by atoms with E-state index in [2.05, 4.69) is 35.1 Å². The lowest BCUT2D eigenvalue weighted by Crippen LogP contribution is -2.35. The summed E-state index contributed by atoms with van der Waals surface area (Å²) in [6.07, 6.45) is 0.975. The fourth-order valence-electron chi connectivity index (χ4n) is 1.38. The van der Waals surface area contributed by atoms with Crippen molar-refractivity contribution in [3.63, 3.8) is 0 Å². The molecule has 0 bridgehead atoms. The molecule has 0 aromatic carbocycles. The van der Waals surface area contributed by atoms with Crippen LogP contribution in [-0.4, -0.2) is 18.6 Å².